The average molecular weight is 662 g/mol. The van der Waals surface area contributed by atoms with Gasteiger partial charge in [0.1, 0.15) is 18.4 Å². The molecule has 1 atom stereocenters. The Kier molecular flexibility index (Phi) is 11.6. The smallest absolute Gasteiger partial charge is 0.264 e. The maximum absolute atomic E-state index is 14.5. The predicted molar refractivity (Wildman–Crippen MR) is 179 cm³/mol. The van der Waals surface area contributed by atoms with Crippen molar-refractivity contribution in [2.24, 2.45) is 0 Å². The highest BCUT2D eigenvalue weighted by Gasteiger charge is 2.35. The van der Waals surface area contributed by atoms with Crippen molar-refractivity contribution in [2.75, 3.05) is 25.1 Å². The summed E-state index contributed by atoms with van der Waals surface area (Å²) in [4.78, 5) is 29.5. The van der Waals surface area contributed by atoms with Crippen LogP contribution in [0.1, 0.15) is 30.5 Å². The van der Waals surface area contributed by atoms with Gasteiger partial charge in [-0.15, -0.1) is 0 Å². The van der Waals surface area contributed by atoms with Gasteiger partial charge in [-0.05, 0) is 68.3 Å². The molecule has 0 unspecified atom stereocenters. The Morgan fingerprint density at radius 2 is 1.47 bits per heavy atom. The molecule has 47 heavy (non-hydrogen) atoms. The van der Waals surface area contributed by atoms with Gasteiger partial charge in [-0.3, -0.25) is 13.9 Å². The molecule has 2 amide bonds. The standard InChI is InChI=1S/C36H40FN3O6S/c1-25(2)38-36(42)32(21-27-9-7-6-8-10-27)39(23-28-13-11-26(3)12-14-28)35(41)24-40(30-17-15-29(37)16-18-30)47(43,44)31-19-20-33(45-4)34(22-31)46-5/h6-20,22,25,32H,21,23-24H2,1-5H3,(H,38,42)/t32-/m1/s1. The molecule has 1 N–H and O–H groups in total. The number of benzene rings is 4. The predicted octanol–water partition coefficient (Wildman–Crippen LogP) is 5.51. The Hall–Kier alpha value is -4.90. The maximum atomic E-state index is 14.5. The molecule has 0 radical (unpaired) electrons. The number of amides is 2. The van der Waals surface area contributed by atoms with Gasteiger partial charge < -0.3 is 19.7 Å². The van der Waals surface area contributed by atoms with E-state index in [0.29, 0.717) is 5.75 Å². The van der Waals surface area contributed by atoms with Gasteiger partial charge in [0, 0.05) is 25.1 Å². The lowest BCUT2D eigenvalue weighted by Gasteiger charge is -2.34. The third kappa shape index (κ3) is 8.88. The number of ether oxygens (including phenoxy) is 2. The molecule has 11 heteroatoms. The SMILES string of the molecule is COc1ccc(S(=O)(=O)N(CC(=O)N(Cc2ccc(C)cc2)[C@H](Cc2ccccc2)C(=O)NC(C)C)c2ccc(F)cc2)cc1OC. The Labute approximate surface area is 276 Å². The van der Waals surface area contributed by atoms with Crippen molar-refractivity contribution in [3.8, 4) is 11.5 Å². The Balaban J connectivity index is 1.82. The summed E-state index contributed by atoms with van der Waals surface area (Å²) in [6, 6.07) is 24.6. The number of rotatable bonds is 14. The molecule has 0 saturated heterocycles. The number of anilines is 1. The number of aryl methyl sites for hydroxylation is 1. The van der Waals surface area contributed by atoms with E-state index in [2.05, 4.69) is 5.32 Å². The van der Waals surface area contributed by atoms with E-state index in [0.717, 1.165) is 33.1 Å². The molecule has 4 aromatic carbocycles. The topological polar surface area (TPSA) is 105 Å². The fourth-order valence-electron chi connectivity index (χ4n) is 5.07. The van der Waals surface area contributed by atoms with Crippen molar-refractivity contribution in [3.63, 3.8) is 0 Å². The number of halogens is 1. The van der Waals surface area contributed by atoms with Gasteiger partial charge in [0.15, 0.2) is 11.5 Å². The van der Waals surface area contributed by atoms with E-state index in [9.17, 15) is 22.4 Å². The van der Waals surface area contributed by atoms with Crippen LogP contribution < -0.4 is 19.1 Å². The van der Waals surface area contributed by atoms with Crippen molar-refractivity contribution in [1.82, 2.24) is 10.2 Å². The van der Waals surface area contributed by atoms with Gasteiger partial charge in [-0.1, -0.05) is 60.2 Å². The van der Waals surface area contributed by atoms with E-state index in [-0.39, 0.29) is 41.2 Å². The lowest BCUT2D eigenvalue weighted by atomic mass is 10.0. The summed E-state index contributed by atoms with van der Waals surface area (Å²) in [7, 11) is -1.62. The quantitative estimate of drug-likeness (QED) is 0.191. The lowest BCUT2D eigenvalue weighted by molar-refractivity contribution is -0.140. The minimum Gasteiger partial charge on any atom is -0.493 e. The zero-order chi connectivity index (χ0) is 34.1. The van der Waals surface area contributed by atoms with Crippen LogP contribution in [0.5, 0.6) is 11.5 Å². The minimum absolute atomic E-state index is 0.0375. The highest BCUT2D eigenvalue weighted by atomic mass is 32.2. The number of nitrogens with zero attached hydrogens (tertiary/aromatic N) is 2. The summed E-state index contributed by atoms with van der Waals surface area (Å²) >= 11 is 0. The van der Waals surface area contributed by atoms with E-state index in [4.69, 9.17) is 9.47 Å². The summed E-state index contributed by atoms with van der Waals surface area (Å²) in [5.74, 6) is -1.08. The Bertz CT molecular complexity index is 1770. The number of hydrogen-bond donors (Lipinski definition) is 1. The summed E-state index contributed by atoms with van der Waals surface area (Å²) < 4.78 is 54.1. The van der Waals surface area contributed by atoms with Gasteiger partial charge in [-0.25, -0.2) is 12.8 Å². The van der Waals surface area contributed by atoms with Crippen LogP contribution in [0.25, 0.3) is 0 Å². The minimum atomic E-state index is -4.43. The van der Waals surface area contributed by atoms with Crippen molar-refractivity contribution in [2.45, 2.75) is 50.7 Å². The highest BCUT2D eigenvalue weighted by molar-refractivity contribution is 7.92. The zero-order valence-electron chi connectivity index (χ0n) is 27.1. The van der Waals surface area contributed by atoms with E-state index in [1.807, 2.05) is 75.4 Å². The molecule has 0 aliphatic rings. The van der Waals surface area contributed by atoms with Gasteiger partial charge in [0.25, 0.3) is 10.0 Å². The van der Waals surface area contributed by atoms with Crippen molar-refractivity contribution >= 4 is 27.5 Å². The van der Waals surface area contributed by atoms with E-state index in [1.165, 1.54) is 49.5 Å². The van der Waals surface area contributed by atoms with E-state index >= 15 is 0 Å². The molecular formula is C36H40FN3O6S. The second-order valence-electron chi connectivity index (χ2n) is 11.4. The largest absolute Gasteiger partial charge is 0.493 e. The van der Waals surface area contributed by atoms with Crippen LogP contribution in [-0.4, -0.2) is 58.0 Å². The van der Waals surface area contributed by atoms with Crippen LogP contribution in [-0.2, 0) is 32.6 Å². The molecule has 0 aliphatic heterocycles. The van der Waals surface area contributed by atoms with Crippen LogP contribution in [0.2, 0.25) is 0 Å². The number of methoxy groups -OCH3 is 2. The molecule has 0 bridgehead atoms. The maximum Gasteiger partial charge on any atom is 0.264 e. The number of sulfonamides is 1. The second-order valence-corrected chi connectivity index (χ2v) is 13.2. The monoisotopic (exact) mass is 661 g/mol. The average Bonchev–Trinajstić information content (AvgIpc) is 3.06. The third-order valence-electron chi connectivity index (χ3n) is 7.51. The number of hydrogen-bond acceptors (Lipinski definition) is 6. The summed E-state index contributed by atoms with van der Waals surface area (Å²) in [6.45, 7) is 4.97. The van der Waals surface area contributed by atoms with Crippen molar-refractivity contribution in [3.05, 3.63) is 120 Å². The molecule has 0 aromatic heterocycles. The molecule has 0 fully saturated rings. The first-order valence-corrected chi connectivity index (χ1v) is 16.6. The zero-order valence-corrected chi connectivity index (χ0v) is 28.0. The number of carbonyl (C=O) groups excluding carboxylic acids is 2. The van der Waals surface area contributed by atoms with Crippen LogP contribution in [0.3, 0.4) is 0 Å². The van der Waals surface area contributed by atoms with Crippen molar-refractivity contribution < 1.29 is 31.9 Å². The fraction of sp³-hybridized carbons (Fsp3) is 0.278. The van der Waals surface area contributed by atoms with Crippen LogP contribution in [0, 0.1) is 12.7 Å². The fourth-order valence-corrected chi connectivity index (χ4v) is 6.50. The molecule has 9 nitrogen and oxygen atoms in total. The van der Waals surface area contributed by atoms with Crippen LogP contribution >= 0.6 is 0 Å². The molecule has 0 spiro atoms. The lowest BCUT2D eigenvalue weighted by Crippen LogP contribution is -2.54. The Morgan fingerprint density at radius 3 is 2.06 bits per heavy atom. The van der Waals surface area contributed by atoms with Crippen LogP contribution in [0.4, 0.5) is 10.1 Å². The molecule has 4 rings (SSSR count). The molecule has 248 valence electrons. The van der Waals surface area contributed by atoms with Gasteiger partial charge in [-0.2, -0.15) is 0 Å². The normalized spacial score (nSPS) is 11.9. The molecular weight excluding hydrogens is 621 g/mol. The van der Waals surface area contributed by atoms with Crippen LogP contribution in [0.15, 0.2) is 102 Å². The summed E-state index contributed by atoms with van der Waals surface area (Å²) in [5, 5.41) is 2.93. The van der Waals surface area contributed by atoms with Crippen molar-refractivity contribution in [1.29, 1.82) is 0 Å². The Morgan fingerprint density at radius 1 is 0.830 bits per heavy atom. The molecule has 4 aromatic rings. The molecule has 0 saturated carbocycles. The molecule has 0 aliphatic carbocycles. The van der Waals surface area contributed by atoms with E-state index in [1.54, 1.807) is 0 Å². The molecule has 0 heterocycles. The first kappa shape index (κ1) is 35.0. The number of carbonyl (C=O) groups is 2. The van der Waals surface area contributed by atoms with Gasteiger partial charge in [0.2, 0.25) is 11.8 Å². The van der Waals surface area contributed by atoms with E-state index < -0.39 is 34.3 Å². The second kappa shape index (κ2) is 15.6. The number of nitrogens with one attached hydrogen (secondary N) is 1. The van der Waals surface area contributed by atoms with Gasteiger partial charge >= 0.3 is 0 Å². The summed E-state index contributed by atoms with van der Waals surface area (Å²) in [5.41, 5.74) is 2.67. The first-order valence-electron chi connectivity index (χ1n) is 15.1. The van der Waals surface area contributed by atoms with Gasteiger partial charge in [0.05, 0.1) is 24.8 Å². The first-order chi connectivity index (χ1) is 22.4. The third-order valence-corrected chi connectivity index (χ3v) is 9.28. The highest BCUT2D eigenvalue weighted by Crippen LogP contribution is 2.32. The summed E-state index contributed by atoms with van der Waals surface area (Å²) in [6.07, 6.45) is 0.190.